The van der Waals surface area contributed by atoms with Gasteiger partial charge in [0.1, 0.15) is 12.3 Å². The van der Waals surface area contributed by atoms with Crippen molar-refractivity contribution in [1.82, 2.24) is 14.5 Å². The number of rotatable bonds is 9. The van der Waals surface area contributed by atoms with Crippen molar-refractivity contribution in [2.24, 2.45) is 0 Å². The van der Waals surface area contributed by atoms with Gasteiger partial charge >= 0.3 is 0 Å². The van der Waals surface area contributed by atoms with Gasteiger partial charge in [0.15, 0.2) is 5.16 Å². The Morgan fingerprint density at radius 2 is 2.03 bits per heavy atom. The molecule has 152 valence electrons. The van der Waals surface area contributed by atoms with Crippen LogP contribution >= 0.6 is 11.8 Å². The summed E-state index contributed by atoms with van der Waals surface area (Å²) in [5.74, 6) is 0.434. The van der Waals surface area contributed by atoms with Gasteiger partial charge in [0.25, 0.3) is 0 Å². The molecular formula is C21H24N4O3S. The predicted molar refractivity (Wildman–Crippen MR) is 114 cm³/mol. The average molecular weight is 413 g/mol. The van der Waals surface area contributed by atoms with E-state index >= 15 is 0 Å². The molecule has 0 aliphatic heterocycles. The van der Waals surface area contributed by atoms with Gasteiger partial charge in [0, 0.05) is 25.7 Å². The summed E-state index contributed by atoms with van der Waals surface area (Å²) in [6.07, 6.45) is 5.27. The van der Waals surface area contributed by atoms with Gasteiger partial charge in [0.2, 0.25) is 11.8 Å². The number of hydrogen-bond acceptors (Lipinski definition) is 6. The minimum Gasteiger partial charge on any atom is -0.474 e. The largest absolute Gasteiger partial charge is 0.474 e. The fraction of sp³-hybridized carbons (Fsp3) is 0.286. The van der Waals surface area contributed by atoms with Crippen LogP contribution in [0.5, 0.6) is 5.88 Å². The normalized spacial score (nSPS) is 10.7. The zero-order valence-electron chi connectivity index (χ0n) is 16.7. The number of aryl methyl sites for hydroxylation is 2. The number of hydrogen-bond donors (Lipinski definition) is 1. The van der Waals surface area contributed by atoms with Gasteiger partial charge in [-0.3, -0.25) is 9.36 Å². The van der Waals surface area contributed by atoms with E-state index in [2.05, 4.69) is 47.3 Å². The Labute approximate surface area is 174 Å². The van der Waals surface area contributed by atoms with E-state index in [0.29, 0.717) is 24.8 Å². The van der Waals surface area contributed by atoms with Crippen molar-refractivity contribution in [2.75, 3.05) is 31.4 Å². The molecule has 1 N–H and O–H groups in total. The Morgan fingerprint density at radius 3 is 2.86 bits per heavy atom. The van der Waals surface area contributed by atoms with E-state index in [4.69, 9.17) is 9.47 Å². The molecule has 0 saturated heterocycles. The molecule has 3 rings (SSSR count). The monoisotopic (exact) mass is 412 g/mol. The zero-order chi connectivity index (χ0) is 20.6. The SMILES string of the molecule is COCCOc1ncccc1NC(=O)CSc1nccn1-c1cc(C)ccc1C. The molecule has 8 heteroatoms. The van der Waals surface area contributed by atoms with Gasteiger partial charge in [-0.1, -0.05) is 23.9 Å². The standard InChI is InChI=1S/C21H24N4O3S/c1-15-6-7-16(2)18(13-15)25-10-9-23-21(25)29-14-19(26)24-17-5-4-8-22-20(17)28-12-11-27-3/h4-10,13H,11-12,14H2,1-3H3,(H,24,26). The number of benzene rings is 1. The van der Waals surface area contributed by atoms with Crippen molar-refractivity contribution in [1.29, 1.82) is 0 Å². The minimum atomic E-state index is -0.157. The maximum atomic E-state index is 12.5. The van der Waals surface area contributed by atoms with Crippen LogP contribution in [-0.2, 0) is 9.53 Å². The molecule has 0 atom stereocenters. The highest BCUT2D eigenvalue weighted by Gasteiger charge is 2.13. The molecule has 1 aromatic carbocycles. The topological polar surface area (TPSA) is 78.3 Å². The lowest BCUT2D eigenvalue weighted by atomic mass is 10.1. The number of imidazole rings is 1. The van der Waals surface area contributed by atoms with Gasteiger partial charge in [-0.15, -0.1) is 0 Å². The number of carbonyl (C=O) groups excluding carboxylic acids is 1. The molecule has 2 heterocycles. The van der Waals surface area contributed by atoms with Gasteiger partial charge in [-0.2, -0.15) is 0 Å². The molecule has 0 unspecified atom stereocenters. The number of carbonyl (C=O) groups is 1. The first kappa shape index (κ1) is 20.9. The maximum Gasteiger partial charge on any atom is 0.237 e. The first-order valence-corrected chi connectivity index (χ1v) is 10.2. The van der Waals surface area contributed by atoms with E-state index < -0.39 is 0 Å². The number of amides is 1. The van der Waals surface area contributed by atoms with Crippen LogP contribution < -0.4 is 10.1 Å². The van der Waals surface area contributed by atoms with Gasteiger partial charge in [-0.05, 0) is 43.2 Å². The number of pyridine rings is 1. The molecule has 2 aromatic heterocycles. The van der Waals surface area contributed by atoms with Crippen molar-refractivity contribution in [3.8, 4) is 11.6 Å². The highest BCUT2D eigenvalue weighted by Crippen LogP contribution is 2.25. The Kier molecular flexibility index (Phi) is 7.26. The van der Waals surface area contributed by atoms with Gasteiger partial charge < -0.3 is 14.8 Å². The summed E-state index contributed by atoms with van der Waals surface area (Å²) >= 11 is 1.38. The van der Waals surface area contributed by atoms with Crippen LogP contribution in [0.25, 0.3) is 5.69 Å². The summed E-state index contributed by atoms with van der Waals surface area (Å²) in [6.45, 7) is 4.92. The molecule has 0 bridgehead atoms. The fourth-order valence-electron chi connectivity index (χ4n) is 2.70. The van der Waals surface area contributed by atoms with Crippen LogP contribution in [0.1, 0.15) is 11.1 Å². The number of aromatic nitrogens is 3. The number of nitrogens with zero attached hydrogens (tertiary/aromatic N) is 3. The molecular weight excluding hydrogens is 388 g/mol. The van der Waals surface area contributed by atoms with E-state index in [1.54, 1.807) is 31.6 Å². The molecule has 0 saturated carbocycles. The Bertz CT molecular complexity index is 974. The molecule has 3 aromatic rings. The fourth-order valence-corrected chi connectivity index (χ4v) is 3.46. The molecule has 0 aliphatic carbocycles. The van der Waals surface area contributed by atoms with Crippen molar-refractivity contribution < 1.29 is 14.3 Å². The quantitative estimate of drug-likeness (QED) is 0.427. The molecule has 1 amide bonds. The zero-order valence-corrected chi connectivity index (χ0v) is 17.5. The second kappa shape index (κ2) is 10.1. The van der Waals surface area contributed by atoms with E-state index in [1.807, 2.05) is 10.8 Å². The third-order valence-electron chi connectivity index (χ3n) is 4.13. The Balaban J connectivity index is 1.64. The van der Waals surface area contributed by atoms with Crippen LogP contribution in [-0.4, -0.2) is 46.5 Å². The van der Waals surface area contributed by atoms with Crippen LogP contribution in [0.15, 0.2) is 54.1 Å². The van der Waals surface area contributed by atoms with E-state index in [-0.39, 0.29) is 11.7 Å². The maximum absolute atomic E-state index is 12.5. The van der Waals surface area contributed by atoms with Crippen LogP contribution in [0.2, 0.25) is 0 Å². The number of ether oxygens (including phenoxy) is 2. The molecule has 0 radical (unpaired) electrons. The number of thioether (sulfide) groups is 1. The van der Waals surface area contributed by atoms with Crippen LogP contribution in [0, 0.1) is 13.8 Å². The van der Waals surface area contributed by atoms with E-state index in [1.165, 1.54) is 17.3 Å². The Hall–Kier alpha value is -2.84. The van der Waals surface area contributed by atoms with Crippen LogP contribution in [0.3, 0.4) is 0 Å². The summed E-state index contributed by atoms with van der Waals surface area (Å²) in [5, 5.41) is 3.62. The first-order chi connectivity index (χ1) is 14.1. The molecule has 29 heavy (non-hydrogen) atoms. The van der Waals surface area contributed by atoms with Gasteiger partial charge in [-0.25, -0.2) is 9.97 Å². The summed E-state index contributed by atoms with van der Waals surface area (Å²) < 4.78 is 12.5. The summed E-state index contributed by atoms with van der Waals surface area (Å²) in [4.78, 5) is 21.1. The lowest BCUT2D eigenvalue weighted by Gasteiger charge is -2.12. The lowest BCUT2D eigenvalue weighted by molar-refractivity contribution is -0.113. The van der Waals surface area contributed by atoms with Crippen molar-refractivity contribution in [2.45, 2.75) is 19.0 Å². The molecule has 0 spiro atoms. The first-order valence-electron chi connectivity index (χ1n) is 9.19. The number of anilines is 1. The van der Waals surface area contributed by atoms with Gasteiger partial charge in [0.05, 0.1) is 18.0 Å². The lowest BCUT2D eigenvalue weighted by Crippen LogP contribution is -2.16. The summed E-state index contributed by atoms with van der Waals surface area (Å²) in [7, 11) is 1.60. The van der Waals surface area contributed by atoms with Crippen LogP contribution in [0.4, 0.5) is 5.69 Å². The van der Waals surface area contributed by atoms with Crippen molar-refractivity contribution in [3.63, 3.8) is 0 Å². The predicted octanol–water partition coefficient (Wildman–Crippen LogP) is 3.64. The highest BCUT2D eigenvalue weighted by atomic mass is 32.2. The highest BCUT2D eigenvalue weighted by molar-refractivity contribution is 7.99. The molecule has 7 nitrogen and oxygen atoms in total. The second-order valence-electron chi connectivity index (χ2n) is 6.40. The Morgan fingerprint density at radius 1 is 1.17 bits per heavy atom. The van der Waals surface area contributed by atoms with Crippen molar-refractivity contribution >= 4 is 23.4 Å². The third kappa shape index (κ3) is 5.58. The number of nitrogens with one attached hydrogen (secondary N) is 1. The minimum absolute atomic E-state index is 0.157. The summed E-state index contributed by atoms with van der Waals surface area (Å²) in [5.41, 5.74) is 3.91. The third-order valence-corrected chi connectivity index (χ3v) is 5.10. The second-order valence-corrected chi connectivity index (χ2v) is 7.35. The van der Waals surface area contributed by atoms with E-state index in [0.717, 1.165) is 16.4 Å². The van der Waals surface area contributed by atoms with Crippen molar-refractivity contribution in [3.05, 3.63) is 60.0 Å². The molecule has 0 fully saturated rings. The summed E-state index contributed by atoms with van der Waals surface area (Å²) in [6, 6.07) is 9.78. The average Bonchev–Trinajstić information content (AvgIpc) is 3.18. The van der Waals surface area contributed by atoms with E-state index in [9.17, 15) is 4.79 Å². The molecule has 0 aliphatic rings. The smallest absolute Gasteiger partial charge is 0.237 e. The number of methoxy groups -OCH3 is 1.